The molecule has 5 rings (SSSR count). The Labute approximate surface area is 210 Å². The lowest BCUT2D eigenvalue weighted by molar-refractivity contribution is 0.0507. The molecule has 2 aromatic carbocycles. The van der Waals surface area contributed by atoms with Crippen LogP contribution in [0.2, 0.25) is 0 Å². The number of hydrogen-bond acceptors (Lipinski definition) is 2. The van der Waals surface area contributed by atoms with Crippen molar-refractivity contribution in [2.75, 3.05) is 6.61 Å². The average Bonchev–Trinajstić information content (AvgIpc) is 3.20. The van der Waals surface area contributed by atoms with E-state index in [1.165, 1.54) is 67.2 Å². The number of piperidine rings is 1. The molecule has 2 heterocycles. The molecular weight excluding hydrogens is 430 g/mol. The van der Waals surface area contributed by atoms with Gasteiger partial charge >= 0.3 is 6.09 Å². The van der Waals surface area contributed by atoms with Gasteiger partial charge in [0.25, 0.3) is 0 Å². The molecule has 2 aromatic rings. The third-order valence-electron chi connectivity index (χ3n) is 8.17. The van der Waals surface area contributed by atoms with Gasteiger partial charge in [-0.05, 0) is 73.6 Å². The monoisotopic (exact) mass is 469 g/mol. The Morgan fingerprint density at radius 2 is 1.63 bits per heavy atom. The second-order valence-electron chi connectivity index (χ2n) is 10.5. The molecule has 3 aliphatic rings. The van der Waals surface area contributed by atoms with Crippen LogP contribution < -0.4 is 0 Å². The third-order valence-corrected chi connectivity index (χ3v) is 8.17. The van der Waals surface area contributed by atoms with E-state index < -0.39 is 0 Å². The average molecular weight is 470 g/mol. The number of amides is 1. The Hall–Kier alpha value is -2.81. The van der Waals surface area contributed by atoms with Crippen LogP contribution in [0.15, 0.2) is 72.8 Å². The Kier molecular flexibility index (Phi) is 7.71. The maximum absolute atomic E-state index is 13.4. The number of unbranched alkanes of at least 4 members (excludes halogenated alkanes) is 5. The highest BCUT2D eigenvalue weighted by molar-refractivity contribution is 5.79. The summed E-state index contributed by atoms with van der Waals surface area (Å²) < 4.78 is 6.05. The standard InChI is InChI=1S/C32H39NO2/c1-2-3-4-5-6-7-8-14-24-21-25-15-13-16-26(22-24)33(25)32(34)35-23-31-29-19-11-9-17-27(29)28-18-10-12-20-30(28)31/h2,9-12,17-21,25-26,31H,1,3-8,13-16,22-23H2. The Balaban J connectivity index is 1.18. The van der Waals surface area contributed by atoms with Crippen molar-refractivity contribution in [2.24, 2.45) is 0 Å². The lowest BCUT2D eigenvalue weighted by atomic mass is 9.84. The molecule has 1 aliphatic carbocycles. The van der Waals surface area contributed by atoms with E-state index in [1.54, 1.807) is 5.57 Å². The number of hydrogen-bond donors (Lipinski definition) is 0. The zero-order valence-corrected chi connectivity index (χ0v) is 21.0. The molecule has 1 saturated heterocycles. The van der Waals surface area contributed by atoms with Gasteiger partial charge in [0.1, 0.15) is 6.61 Å². The van der Waals surface area contributed by atoms with Crippen LogP contribution in [0.5, 0.6) is 0 Å². The van der Waals surface area contributed by atoms with E-state index in [2.05, 4.69) is 66.1 Å². The van der Waals surface area contributed by atoms with Crippen molar-refractivity contribution in [3.63, 3.8) is 0 Å². The Morgan fingerprint density at radius 3 is 2.34 bits per heavy atom. The van der Waals surface area contributed by atoms with Crippen molar-refractivity contribution in [1.29, 1.82) is 0 Å². The van der Waals surface area contributed by atoms with Crippen LogP contribution in [0.4, 0.5) is 4.79 Å². The van der Waals surface area contributed by atoms with Gasteiger partial charge in [0.15, 0.2) is 0 Å². The summed E-state index contributed by atoms with van der Waals surface area (Å²) in [5.41, 5.74) is 6.65. The molecule has 2 bridgehead atoms. The fourth-order valence-electron chi connectivity index (χ4n) is 6.43. The van der Waals surface area contributed by atoms with E-state index in [4.69, 9.17) is 4.74 Å². The van der Waals surface area contributed by atoms with Gasteiger partial charge in [-0.2, -0.15) is 0 Å². The highest BCUT2D eigenvalue weighted by Crippen LogP contribution is 2.45. The van der Waals surface area contributed by atoms with Crippen molar-refractivity contribution in [3.05, 3.63) is 84.0 Å². The number of carbonyl (C=O) groups is 1. The van der Waals surface area contributed by atoms with E-state index in [-0.39, 0.29) is 18.1 Å². The summed E-state index contributed by atoms with van der Waals surface area (Å²) in [4.78, 5) is 15.4. The number of benzene rings is 2. The molecule has 2 aliphatic heterocycles. The van der Waals surface area contributed by atoms with Crippen molar-refractivity contribution in [3.8, 4) is 11.1 Å². The summed E-state index contributed by atoms with van der Waals surface area (Å²) in [6.07, 6.45) is 17.5. The summed E-state index contributed by atoms with van der Waals surface area (Å²) in [6, 6.07) is 17.6. The lowest BCUT2D eigenvalue weighted by Crippen LogP contribution is -2.52. The largest absolute Gasteiger partial charge is 0.448 e. The van der Waals surface area contributed by atoms with Gasteiger partial charge in [-0.3, -0.25) is 4.90 Å². The van der Waals surface area contributed by atoms with E-state index in [1.807, 2.05) is 6.08 Å². The van der Waals surface area contributed by atoms with Gasteiger partial charge in [-0.15, -0.1) is 6.58 Å². The number of nitrogens with zero attached hydrogens (tertiary/aromatic N) is 1. The second kappa shape index (κ2) is 11.3. The van der Waals surface area contributed by atoms with Gasteiger partial charge in [0, 0.05) is 12.0 Å². The first-order chi connectivity index (χ1) is 17.3. The maximum Gasteiger partial charge on any atom is 0.410 e. The SMILES string of the molecule is C=CCCCCCCCC1=CC2CCCC(C1)N2C(=O)OCC1c2ccccc2-c2ccccc21. The molecular formula is C32H39NO2. The van der Waals surface area contributed by atoms with Crippen LogP contribution in [-0.4, -0.2) is 29.7 Å². The summed E-state index contributed by atoms with van der Waals surface area (Å²) in [5.74, 6) is 0.119. The summed E-state index contributed by atoms with van der Waals surface area (Å²) >= 11 is 0. The summed E-state index contributed by atoms with van der Waals surface area (Å²) in [5, 5.41) is 0. The highest BCUT2D eigenvalue weighted by atomic mass is 16.6. The Morgan fingerprint density at radius 1 is 0.943 bits per heavy atom. The number of ether oxygens (including phenoxy) is 1. The number of fused-ring (bicyclic) bond motifs is 5. The van der Waals surface area contributed by atoms with Gasteiger partial charge in [0.05, 0.1) is 6.04 Å². The first kappa shape index (κ1) is 23.9. The molecule has 0 spiro atoms. The van der Waals surface area contributed by atoms with E-state index in [0.29, 0.717) is 12.6 Å². The molecule has 0 radical (unpaired) electrons. The van der Waals surface area contributed by atoms with E-state index in [0.717, 1.165) is 25.7 Å². The molecule has 2 atom stereocenters. The zero-order valence-electron chi connectivity index (χ0n) is 21.0. The number of allylic oxidation sites excluding steroid dienone is 1. The third kappa shape index (κ3) is 5.24. The Bertz CT molecular complexity index is 1030. The van der Waals surface area contributed by atoms with Crippen molar-refractivity contribution < 1.29 is 9.53 Å². The predicted octanol–water partition coefficient (Wildman–Crippen LogP) is 8.41. The highest BCUT2D eigenvalue weighted by Gasteiger charge is 2.38. The van der Waals surface area contributed by atoms with Crippen molar-refractivity contribution >= 4 is 6.09 Å². The molecule has 3 heteroatoms. The lowest BCUT2D eigenvalue weighted by Gasteiger charge is -2.44. The molecule has 1 amide bonds. The minimum absolute atomic E-state index is 0.119. The fraction of sp³-hybridized carbons (Fsp3) is 0.469. The van der Waals surface area contributed by atoms with Crippen LogP contribution in [0, 0.1) is 0 Å². The van der Waals surface area contributed by atoms with E-state index >= 15 is 0 Å². The quantitative estimate of drug-likeness (QED) is 0.258. The van der Waals surface area contributed by atoms with Gasteiger partial charge in [-0.1, -0.05) is 85.5 Å². The van der Waals surface area contributed by atoms with Crippen LogP contribution in [0.25, 0.3) is 11.1 Å². The minimum Gasteiger partial charge on any atom is -0.448 e. The molecule has 2 unspecified atom stereocenters. The smallest absolute Gasteiger partial charge is 0.410 e. The molecule has 3 nitrogen and oxygen atoms in total. The summed E-state index contributed by atoms with van der Waals surface area (Å²) in [7, 11) is 0. The van der Waals surface area contributed by atoms with Crippen molar-refractivity contribution in [2.45, 2.75) is 88.6 Å². The summed E-state index contributed by atoms with van der Waals surface area (Å²) in [6.45, 7) is 4.22. The van der Waals surface area contributed by atoms with Crippen LogP contribution in [-0.2, 0) is 4.74 Å². The molecule has 35 heavy (non-hydrogen) atoms. The number of carbonyl (C=O) groups excluding carboxylic acids is 1. The minimum atomic E-state index is -0.126. The first-order valence-electron chi connectivity index (χ1n) is 13.7. The van der Waals surface area contributed by atoms with Crippen molar-refractivity contribution in [1.82, 2.24) is 4.90 Å². The van der Waals surface area contributed by atoms with Gasteiger partial charge in [0.2, 0.25) is 0 Å². The van der Waals surface area contributed by atoms with E-state index in [9.17, 15) is 4.79 Å². The molecule has 184 valence electrons. The van der Waals surface area contributed by atoms with Crippen LogP contribution in [0.3, 0.4) is 0 Å². The van der Waals surface area contributed by atoms with Crippen LogP contribution >= 0.6 is 0 Å². The number of rotatable bonds is 10. The topological polar surface area (TPSA) is 29.5 Å². The molecule has 0 saturated carbocycles. The fourth-order valence-corrected chi connectivity index (χ4v) is 6.43. The zero-order chi connectivity index (χ0) is 24.0. The second-order valence-corrected chi connectivity index (χ2v) is 10.5. The van der Waals surface area contributed by atoms with Gasteiger partial charge in [-0.25, -0.2) is 4.79 Å². The van der Waals surface area contributed by atoms with Gasteiger partial charge < -0.3 is 4.74 Å². The first-order valence-corrected chi connectivity index (χ1v) is 13.7. The van der Waals surface area contributed by atoms with Crippen LogP contribution in [0.1, 0.15) is 87.7 Å². The predicted molar refractivity (Wildman–Crippen MR) is 144 cm³/mol. The molecule has 0 aromatic heterocycles. The normalized spacial score (nSPS) is 20.7. The molecule has 1 fully saturated rings. The molecule has 0 N–H and O–H groups in total. The maximum atomic E-state index is 13.4.